The van der Waals surface area contributed by atoms with Crippen LogP contribution in [0.2, 0.25) is 0 Å². The maximum atomic E-state index is 13.2. The van der Waals surface area contributed by atoms with Gasteiger partial charge in [-0.25, -0.2) is 22.6 Å². The molecule has 0 fully saturated rings. The summed E-state index contributed by atoms with van der Waals surface area (Å²) >= 11 is 0. The van der Waals surface area contributed by atoms with Gasteiger partial charge in [-0.2, -0.15) is 0 Å². The average Bonchev–Trinajstić information content (AvgIpc) is 3.01. The van der Waals surface area contributed by atoms with Crippen molar-refractivity contribution in [2.24, 2.45) is 10.1 Å². The van der Waals surface area contributed by atoms with Crippen molar-refractivity contribution in [3.8, 4) is 5.69 Å². The lowest BCUT2D eigenvalue weighted by atomic mass is 10.1. The second-order valence-electron chi connectivity index (χ2n) is 6.85. The van der Waals surface area contributed by atoms with Gasteiger partial charge in [-0.1, -0.05) is 25.5 Å². The summed E-state index contributed by atoms with van der Waals surface area (Å²) in [6.45, 7) is 2.45. The summed E-state index contributed by atoms with van der Waals surface area (Å²) in [5.74, 6) is -0.369. The van der Waals surface area contributed by atoms with Gasteiger partial charge in [0, 0.05) is 18.5 Å². The largest absolute Gasteiger partial charge is 0.294 e. The van der Waals surface area contributed by atoms with E-state index in [0.29, 0.717) is 30.6 Å². The summed E-state index contributed by atoms with van der Waals surface area (Å²) in [6, 6.07) is 12.0. The molecule has 7 nitrogen and oxygen atoms in total. The van der Waals surface area contributed by atoms with Crippen molar-refractivity contribution >= 4 is 16.2 Å². The van der Waals surface area contributed by atoms with Crippen LogP contribution in [0.25, 0.3) is 5.69 Å². The zero-order valence-electron chi connectivity index (χ0n) is 16.5. The fraction of sp³-hybridized carbons (Fsp3) is 0.238. The second kappa shape index (κ2) is 9.19. The molecule has 3 aromatic rings. The number of rotatable bonds is 8. The second-order valence-corrected chi connectivity index (χ2v) is 8.41. The summed E-state index contributed by atoms with van der Waals surface area (Å²) < 4.78 is 37.2. The summed E-state index contributed by atoms with van der Waals surface area (Å²) in [5.41, 5.74) is 2.46. The van der Waals surface area contributed by atoms with E-state index in [9.17, 15) is 17.6 Å². The number of nitrogens with two attached hydrogens (primary N) is 1. The SMILES string of the molecule is CCCc1[nH]n(-c2ccc(F)cc2)c(=O)c1C=NCCc1ccc(S(N)(=O)=O)cc1. The first-order valence-electron chi connectivity index (χ1n) is 9.51. The molecule has 30 heavy (non-hydrogen) atoms. The lowest BCUT2D eigenvalue weighted by Gasteiger charge is -2.01. The van der Waals surface area contributed by atoms with E-state index in [4.69, 9.17) is 5.14 Å². The van der Waals surface area contributed by atoms with Gasteiger partial charge in [0.2, 0.25) is 10.0 Å². The third kappa shape index (κ3) is 5.11. The molecular weight excluding hydrogens is 407 g/mol. The van der Waals surface area contributed by atoms with Gasteiger partial charge in [0.15, 0.2) is 0 Å². The van der Waals surface area contributed by atoms with Crippen LogP contribution in [0.15, 0.2) is 63.2 Å². The summed E-state index contributed by atoms with van der Waals surface area (Å²) in [7, 11) is -3.71. The Morgan fingerprint density at radius 2 is 1.77 bits per heavy atom. The lowest BCUT2D eigenvalue weighted by Crippen LogP contribution is -2.17. The highest BCUT2D eigenvalue weighted by Gasteiger charge is 2.13. The molecule has 0 spiro atoms. The first-order chi connectivity index (χ1) is 14.3. The van der Waals surface area contributed by atoms with Gasteiger partial charge >= 0.3 is 0 Å². The van der Waals surface area contributed by atoms with Crippen LogP contribution in [-0.2, 0) is 22.9 Å². The maximum absolute atomic E-state index is 13.2. The fourth-order valence-electron chi connectivity index (χ4n) is 3.04. The number of H-pyrrole nitrogens is 1. The summed E-state index contributed by atoms with van der Waals surface area (Å²) in [6.07, 6.45) is 3.67. The topological polar surface area (TPSA) is 110 Å². The van der Waals surface area contributed by atoms with Crippen LogP contribution >= 0.6 is 0 Å². The Balaban J connectivity index is 1.76. The number of hydrogen-bond donors (Lipinski definition) is 2. The lowest BCUT2D eigenvalue weighted by molar-refractivity contribution is 0.597. The van der Waals surface area contributed by atoms with Crippen LogP contribution in [-0.4, -0.2) is 31.0 Å². The summed E-state index contributed by atoms with van der Waals surface area (Å²) in [5, 5.41) is 8.18. The molecule has 2 aromatic carbocycles. The van der Waals surface area contributed by atoms with Gasteiger partial charge in [-0.3, -0.25) is 14.9 Å². The number of hydrogen-bond acceptors (Lipinski definition) is 4. The molecule has 0 atom stereocenters. The van der Waals surface area contributed by atoms with E-state index in [1.807, 2.05) is 6.92 Å². The van der Waals surface area contributed by atoms with Crippen molar-refractivity contribution in [1.29, 1.82) is 0 Å². The first-order valence-corrected chi connectivity index (χ1v) is 11.1. The molecule has 1 aromatic heterocycles. The number of aromatic nitrogens is 2. The number of halogens is 1. The minimum absolute atomic E-state index is 0.0626. The zero-order valence-corrected chi connectivity index (χ0v) is 17.3. The van der Waals surface area contributed by atoms with Crippen molar-refractivity contribution in [2.75, 3.05) is 6.54 Å². The van der Waals surface area contributed by atoms with Crippen molar-refractivity contribution in [1.82, 2.24) is 9.78 Å². The number of aryl methyl sites for hydroxylation is 1. The van der Waals surface area contributed by atoms with Crippen LogP contribution in [0.3, 0.4) is 0 Å². The number of nitrogens with zero attached hydrogens (tertiary/aromatic N) is 2. The van der Waals surface area contributed by atoms with Gasteiger partial charge in [0.25, 0.3) is 5.56 Å². The normalized spacial score (nSPS) is 12.0. The van der Waals surface area contributed by atoms with E-state index in [-0.39, 0.29) is 16.3 Å². The van der Waals surface area contributed by atoms with Gasteiger partial charge < -0.3 is 0 Å². The molecule has 0 saturated heterocycles. The summed E-state index contributed by atoms with van der Waals surface area (Å²) in [4.78, 5) is 17.3. The van der Waals surface area contributed by atoms with Crippen molar-refractivity contribution in [3.05, 3.63) is 81.5 Å². The molecule has 0 bridgehead atoms. The number of benzene rings is 2. The predicted molar refractivity (Wildman–Crippen MR) is 114 cm³/mol. The van der Waals surface area contributed by atoms with Crippen LogP contribution in [0.4, 0.5) is 4.39 Å². The highest BCUT2D eigenvalue weighted by atomic mass is 32.2. The monoisotopic (exact) mass is 430 g/mol. The highest BCUT2D eigenvalue weighted by molar-refractivity contribution is 7.89. The number of aliphatic imine (C=N–C) groups is 1. The van der Waals surface area contributed by atoms with Crippen LogP contribution in [0, 0.1) is 5.82 Å². The molecule has 158 valence electrons. The minimum atomic E-state index is -3.71. The zero-order chi connectivity index (χ0) is 21.7. The Morgan fingerprint density at radius 1 is 1.10 bits per heavy atom. The molecule has 3 rings (SSSR count). The number of aromatic amines is 1. The molecule has 0 aliphatic carbocycles. The molecule has 0 amide bonds. The van der Waals surface area contributed by atoms with Crippen LogP contribution in [0.5, 0.6) is 0 Å². The number of sulfonamides is 1. The Kier molecular flexibility index (Phi) is 6.63. The van der Waals surface area contributed by atoms with Crippen LogP contribution < -0.4 is 10.7 Å². The molecular formula is C21H23FN4O3S. The molecule has 0 aliphatic rings. The molecule has 0 saturated carbocycles. The average molecular weight is 431 g/mol. The molecule has 0 unspecified atom stereocenters. The fourth-order valence-corrected chi connectivity index (χ4v) is 3.55. The third-order valence-corrected chi connectivity index (χ3v) is 5.52. The standard InChI is InChI=1S/C21H23FN4O3S/c1-2-3-20-19(21(27)26(25-20)17-8-6-16(22)7-9-17)14-24-13-12-15-4-10-18(11-5-15)30(23,28)29/h4-11,14,25H,2-3,12-13H2,1H3,(H2,23,28,29). The van der Waals surface area contributed by atoms with Gasteiger partial charge in [0.1, 0.15) is 5.82 Å². The quantitative estimate of drug-likeness (QED) is 0.536. The van der Waals surface area contributed by atoms with E-state index >= 15 is 0 Å². The van der Waals surface area contributed by atoms with Gasteiger partial charge in [-0.15, -0.1) is 0 Å². The van der Waals surface area contributed by atoms with Crippen molar-refractivity contribution in [3.63, 3.8) is 0 Å². The Labute approximate surface area is 174 Å². The Morgan fingerprint density at radius 3 is 2.37 bits per heavy atom. The minimum Gasteiger partial charge on any atom is -0.294 e. The van der Waals surface area contributed by atoms with Crippen molar-refractivity contribution in [2.45, 2.75) is 31.1 Å². The maximum Gasteiger partial charge on any atom is 0.280 e. The van der Waals surface area contributed by atoms with Gasteiger partial charge in [-0.05, 0) is 54.8 Å². The van der Waals surface area contributed by atoms with E-state index in [1.54, 1.807) is 18.3 Å². The predicted octanol–water partition coefficient (Wildman–Crippen LogP) is 2.57. The third-order valence-electron chi connectivity index (χ3n) is 4.59. The highest BCUT2D eigenvalue weighted by Crippen LogP contribution is 2.11. The van der Waals surface area contributed by atoms with E-state index < -0.39 is 10.0 Å². The molecule has 1 heterocycles. The molecule has 0 radical (unpaired) electrons. The van der Waals surface area contributed by atoms with Crippen molar-refractivity contribution < 1.29 is 12.8 Å². The van der Waals surface area contributed by atoms with Crippen LogP contribution in [0.1, 0.15) is 30.2 Å². The Hall–Kier alpha value is -3.04. The number of primary sulfonamides is 1. The Bertz CT molecular complexity index is 1190. The van der Waals surface area contributed by atoms with E-state index in [1.165, 1.54) is 41.1 Å². The smallest absolute Gasteiger partial charge is 0.280 e. The van der Waals surface area contributed by atoms with Gasteiger partial charge in [0.05, 0.1) is 16.1 Å². The first kappa shape index (κ1) is 21.7. The molecule has 3 N–H and O–H groups in total. The number of nitrogens with one attached hydrogen (secondary N) is 1. The van der Waals surface area contributed by atoms with E-state index in [0.717, 1.165) is 17.7 Å². The molecule has 0 aliphatic heterocycles. The molecule has 9 heteroatoms. The van der Waals surface area contributed by atoms with E-state index in [2.05, 4.69) is 10.1 Å².